The second-order valence-corrected chi connectivity index (χ2v) is 11.0. The van der Waals surface area contributed by atoms with Crippen LogP contribution in [-0.2, 0) is 19.1 Å². The third-order valence-electron chi connectivity index (χ3n) is 6.98. The van der Waals surface area contributed by atoms with E-state index in [-0.39, 0.29) is 43.0 Å². The van der Waals surface area contributed by atoms with Crippen LogP contribution in [0.25, 0.3) is 0 Å². The zero-order valence-electron chi connectivity index (χ0n) is 22.3. The number of rotatable bonds is 19. The number of Topliss-reactive ketones (excluding diaryl/α,β-unsaturated/α-hetero) is 2. The maximum absolute atomic E-state index is 14.3. The fraction of sp³-hybridized carbons (Fsp3) is 0.893. The minimum Gasteiger partial charge on any atom is -0.463 e. The molecule has 1 aliphatic carbocycles. The standard InChI is InChI=1S/C28H48F2O5/c1-20(2)13-11-12-18-28(29,30)26(33)17-16-23-22(24(31)19-25(23)32)14-9-7-5-6-8-10-15-27(34)35-21(3)4/h20-23,25,32H,5-19H2,1-4H3/t22?,23-,25?/m1/s1. The quantitative estimate of drug-likeness (QED) is 0.155. The monoisotopic (exact) mass is 502 g/mol. The van der Waals surface area contributed by atoms with Crippen LogP contribution in [0.1, 0.15) is 124 Å². The second kappa shape index (κ2) is 16.4. The van der Waals surface area contributed by atoms with Gasteiger partial charge in [0.25, 0.3) is 0 Å². The molecule has 35 heavy (non-hydrogen) atoms. The third-order valence-corrected chi connectivity index (χ3v) is 6.98. The summed E-state index contributed by atoms with van der Waals surface area (Å²) in [5.41, 5.74) is 0. The molecule has 7 heteroatoms. The molecule has 1 saturated carbocycles. The van der Waals surface area contributed by atoms with Crippen LogP contribution in [0, 0.1) is 17.8 Å². The zero-order valence-corrected chi connectivity index (χ0v) is 22.3. The number of ketones is 2. The predicted molar refractivity (Wildman–Crippen MR) is 133 cm³/mol. The highest BCUT2D eigenvalue weighted by molar-refractivity contribution is 5.86. The molecule has 1 rings (SSSR count). The summed E-state index contributed by atoms with van der Waals surface area (Å²) >= 11 is 0. The van der Waals surface area contributed by atoms with Crippen molar-refractivity contribution in [2.24, 2.45) is 17.8 Å². The molecular formula is C28H48F2O5. The number of unbranched alkanes of at least 4 members (excludes halogenated alkanes) is 6. The number of alkyl halides is 2. The van der Waals surface area contributed by atoms with E-state index in [0.29, 0.717) is 31.6 Å². The van der Waals surface area contributed by atoms with Crippen molar-refractivity contribution in [2.75, 3.05) is 0 Å². The summed E-state index contributed by atoms with van der Waals surface area (Å²) in [5.74, 6) is -4.86. The average molecular weight is 503 g/mol. The van der Waals surface area contributed by atoms with Crippen molar-refractivity contribution in [1.82, 2.24) is 0 Å². The Balaban J connectivity index is 2.31. The van der Waals surface area contributed by atoms with Crippen LogP contribution in [0.3, 0.4) is 0 Å². The Morgan fingerprint density at radius 2 is 1.57 bits per heavy atom. The predicted octanol–water partition coefficient (Wildman–Crippen LogP) is 6.83. The number of esters is 1. The van der Waals surface area contributed by atoms with Crippen LogP contribution in [0.2, 0.25) is 0 Å². The number of aliphatic hydroxyl groups is 1. The first-order valence-corrected chi connectivity index (χ1v) is 13.8. The van der Waals surface area contributed by atoms with E-state index in [4.69, 9.17) is 4.74 Å². The van der Waals surface area contributed by atoms with Crippen molar-refractivity contribution < 1.29 is 33.0 Å². The Hall–Kier alpha value is -1.37. The van der Waals surface area contributed by atoms with Gasteiger partial charge >= 0.3 is 11.9 Å². The minimum atomic E-state index is -3.33. The third kappa shape index (κ3) is 12.9. The van der Waals surface area contributed by atoms with Crippen LogP contribution in [0.15, 0.2) is 0 Å². The maximum Gasteiger partial charge on any atom is 0.306 e. The lowest BCUT2D eigenvalue weighted by Crippen LogP contribution is -2.30. The van der Waals surface area contributed by atoms with Gasteiger partial charge in [-0.15, -0.1) is 0 Å². The second-order valence-electron chi connectivity index (χ2n) is 11.0. The van der Waals surface area contributed by atoms with Gasteiger partial charge in [0.05, 0.1) is 12.2 Å². The van der Waals surface area contributed by atoms with Crippen LogP contribution >= 0.6 is 0 Å². The Bertz CT molecular complexity index is 647. The van der Waals surface area contributed by atoms with E-state index >= 15 is 0 Å². The Kier molecular flexibility index (Phi) is 14.8. The fourth-order valence-corrected chi connectivity index (χ4v) is 4.97. The fourth-order valence-electron chi connectivity index (χ4n) is 4.97. The number of carbonyl (C=O) groups is 3. The van der Waals surface area contributed by atoms with Crippen molar-refractivity contribution in [3.05, 3.63) is 0 Å². The molecule has 2 unspecified atom stereocenters. The summed E-state index contributed by atoms with van der Waals surface area (Å²) in [7, 11) is 0. The van der Waals surface area contributed by atoms with E-state index in [1.165, 1.54) is 0 Å². The molecule has 204 valence electrons. The largest absolute Gasteiger partial charge is 0.463 e. The minimum absolute atomic E-state index is 0.0148. The van der Waals surface area contributed by atoms with E-state index in [1.54, 1.807) is 0 Å². The van der Waals surface area contributed by atoms with E-state index in [1.807, 2.05) is 27.7 Å². The van der Waals surface area contributed by atoms with Gasteiger partial charge in [0, 0.05) is 31.6 Å². The lowest BCUT2D eigenvalue weighted by Gasteiger charge is -2.22. The van der Waals surface area contributed by atoms with Crippen LogP contribution in [0.5, 0.6) is 0 Å². The van der Waals surface area contributed by atoms with Crippen molar-refractivity contribution in [2.45, 2.75) is 142 Å². The van der Waals surface area contributed by atoms with E-state index in [2.05, 4.69) is 0 Å². The topological polar surface area (TPSA) is 80.7 Å². The molecule has 0 aliphatic heterocycles. The van der Waals surface area contributed by atoms with Gasteiger partial charge in [0.1, 0.15) is 5.78 Å². The Morgan fingerprint density at radius 1 is 0.943 bits per heavy atom. The van der Waals surface area contributed by atoms with Gasteiger partial charge < -0.3 is 9.84 Å². The number of aliphatic hydroxyl groups excluding tert-OH is 1. The van der Waals surface area contributed by atoms with Crippen molar-refractivity contribution in [3.63, 3.8) is 0 Å². The highest BCUT2D eigenvalue weighted by Gasteiger charge is 2.43. The molecule has 0 aromatic rings. The van der Waals surface area contributed by atoms with Gasteiger partial charge in [-0.2, -0.15) is 8.78 Å². The lowest BCUT2D eigenvalue weighted by molar-refractivity contribution is -0.147. The number of hydrogen-bond acceptors (Lipinski definition) is 5. The summed E-state index contributed by atoms with van der Waals surface area (Å²) < 4.78 is 33.6. The normalized spacial score (nSPS) is 20.7. The van der Waals surface area contributed by atoms with Gasteiger partial charge in [-0.25, -0.2) is 0 Å². The number of ether oxygens (including phenoxy) is 1. The molecule has 0 saturated heterocycles. The first-order valence-electron chi connectivity index (χ1n) is 13.8. The van der Waals surface area contributed by atoms with Crippen molar-refractivity contribution in [1.29, 1.82) is 0 Å². The molecule has 1 N–H and O–H groups in total. The van der Waals surface area contributed by atoms with Gasteiger partial charge in [-0.1, -0.05) is 58.8 Å². The first-order chi connectivity index (χ1) is 16.4. The average Bonchev–Trinajstić information content (AvgIpc) is 3.02. The summed E-state index contributed by atoms with van der Waals surface area (Å²) in [6, 6.07) is 0. The molecule has 0 amide bonds. The van der Waals surface area contributed by atoms with E-state index < -0.39 is 30.1 Å². The molecule has 0 radical (unpaired) electrons. The molecule has 5 nitrogen and oxygen atoms in total. The van der Waals surface area contributed by atoms with Crippen LogP contribution < -0.4 is 0 Å². The van der Waals surface area contributed by atoms with Crippen LogP contribution in [-0.4, -0.2) is 40.8 Å². The number of halogens is 2. The lowest BCUT2D eigenvalue weighted by atomic mass is 9.85. The molecule has 0 aromatic carbocycles. The van der Waals surface area contributed by atoms with E-state index in [0.717, 1.165) is 44.9 Å². The summed E-state index contributed by atoms with van der Waals surface area (Å²) in [6.45, 7) is 7.75. The number of hydrogen-bond donors (Lipinski definition) is 1. The molecule has 0 spiro atoms. The Labute approximate surface area is 210 Å². The molecule has 3 atom stereocenters. The maximum atomic E-state index is 14.3. The highest BCUT2D eigenvalue weighted by Crippen LogP contribution is 2.37. The van der Waals surface area contributed by atoms with Crippen molar-refractivity contribution >= 4 is 17.5 Å². The van der Waals surface area contributed by atoms with E-state index in [9.17, 15) is 28.3 Å². The Morgan fingerprint density at radius 3 is 2.20 bits per heavy atom. The smallest absolute Gasteiger partial charge is 0.306 e. The molecule has 0 bridgehead atoms. The van der Waals surface area contributed by atoms with Gasteiger partial charge in [-0.05, 0) is 51.4 Å². The first kappa shape index (κ1) is 31.7. The summed E-state index contributed by atoms with van der Waals surface area (Å²) in [4.78, 5) is 36.1. The SMILES string of the molecule is CC(C)CCCCC(F)(F)C(=O)CC[C@H]1C(O)CC(=O)C1CCCCCCCCC(=O)OC(C)C. The molecule has 1 aliphatic rings. The van der Waals surface area contributed by atoms with Crippen LogP contribution in [0.4, 0.5) is 8.78 Å². The molecule has 0 heterocycles. The molecule has 1 fully saturated rings. The summed E-state index contributed by atoms with van der Waals surface area (Å²) in [6.07, 6.45) is 7.02. The number of carbonyl (C=O) groups excluding carboxylic acids is 3. The van der Waals surface area contributed by atoms with Gasteiger partial charge in [0.15, 0.2) is 0 Å². The molecular weight excluding hydrogens is 454 g/mol. The van der Waals surface area contributed by atoms with Gasteiger partial charge in [0.2, 0.25) is 5.78 Å². The highest BCUT2D eigenvalue weighted by atomic mass is 19.3. The zero-order chi connectivity index (χ0) is 26.4. The summed E-state index contributed by atoms with van der Waals surface area (Å²) in [5, 5.41) is 10.3. The van der Waals surface area contributed by atoms with Gasteiger partial charge in [-0.3, -0.25) is 14.4 Å². The van der Waals surface area contributed by atoms with Crippen molar-refractivity contribution in [3.8, 4) is 0 Å². The molecule has 0 aromatic heterocycles.